The zero-order valence-electron chi connectivity index (χ0n) is 16.0. The number of hydrogen-bond donors (Lipinski definition) is 0. The number of sulfonamides is 1. The minimum absolute atomic E-state index is 0.0578. The minimum atomic E-state index is -3.65. The van der Waals surface area contributed by atoms with Crippen molar-refractivity contribution >= 4 is 10.0 Å². The lowest BCUT2D eigenvalue weighted by molar-refractivity contribution is 0.286. The summed E-state index contributed by atoms with van der Waals surface area (Å²) >= 11 is 0. The predicted molar refractivity (Wildman–Crippen MR) is 111 cm³/mol. The summed E-state index contributed by atoms with van der Waals surface area (Å²) in [7, 11) is -1.95. The van der Waals surface area contributed by atoms with E-state index in [4.69, 9.17) is 0 Å². The first kappa shape index (κ1) is 18.9. The number of aromatic nitrogens is 2. The summed E-state index contributed by atoms with van der Waals surface area (Å²) in [5.41, 5.74) is 2.13. The van der Waals surface area contributed by atoms with E-state index in [0.29, 0.717) is 5.69 Å². The molecule has 0 radical (unpaired) electrons. The summed E-state index contributed by atoms with van der Waals surface area (Å²) in [6, 6.07) is 19.2. The van der Waals surface area contributed by atoms with Crippen LogP contribution >= 0.6 is 0 Å². The largest absolute Gasteiger partial charge is 0.246 e. The molecule has 0 atom stereocenters. The van der Waals surface area contributed by atoms with Crippen LogP contribution in [0.5, 0.6) is 0 Å². The zero-order valence-corrected chi connectivity index (χ0v) is 16.8. The zero-order chi connectivity index (χ0) is 19.6. The monoisotopic (exact) mass is 395 g/mol. The van der Waals surface area contributed by atoms with E-state index in [1.165, 1.54) is 6.42 Å². The molecule has 0 bridgehead atoms. The molecule has 1 aromatic heterocycles. The van der Waals surface area contributed by atoms with Crippen molar-refractivity contribution in [1.82, 2.24) is 14.1 Å². The molecule has 1 fully saturated rings. The Balaban J connectivity index is 1.81. The summed E-state index contributed by atoms with van der Waals surface area (Å²) in [6.07, 6.45) is 6.84. The molecule has 0 aliphatic heterocycles. The van der Waals surface area contributed by atoms with Gasteiger partial charge < -0.3 is 0 Å². The first-order valence-corrected chi connectivity index (χ1v) is 11.2. The van der Waals surface area contributed by atoms with Crippen molar-refractivity contribution in [2.75, 3.05) is 7.05 Å². The predicted octanol–water partition coefficient (Wildman–Crippen LogP) is 4.49. The van der Waals surface area contributed by atoms with Crippen molar-refractivity contribution in [2.45, 2.75) is 43.0 Å². The van der Waals surface area contributed by atoms with Crippen LogP contribution in [0.2, 0.25) is 0 Å². The van der Waals surface area contributed by atoms with Gasteiger partial charge in [0.2, 0.25) is 10.0 Å². The molecule has 146 valence electrons. The van der Waals surface area contributed by atoms with Crippen LogP contribution in [0.25, 0.3) is 16.9 Å². The Morgan fingerprint density at radius 2 is 1.54 bits per heavy atom. The number of hydrogen-bond acceptors (Lipinski definition) is 3. The summed E-state index contributed by atoms with van der Waals surface area (Å²) in [5, 5.41) is 4.66. The Labute approximate surface area is 166 Å². The maximum absolute atomic E-state index is 13.5. The Morgan fingerprint density at radius 3 is 2.18 bits per heavy atom. The lowest BCUT2D eigenvalue weighted by Crippen LogP contribution is -2.38. The van der Waals surface area contributed by atoms with Gasteiger partial charge in [0.05, 0.1) is 11.9 Å². The lowest BCUT2D eigenvalue weighted by atomic mass is 9.96. The second-order valence-corrected chi connectivity index (χ2v) is 9.27. The molecule has 4 rings (SSSR count). The highest BCUT2D eigenvalue weighted by atomic mass is 32.2. The molecule has 0 spiro atoms. The van der Waals surface area contributed by atoms with Crippen molar-refractivity contribution in [3.8, 4) is 16.9 Å². The molecule has 0 amide bonds. The summed E-state index contributed by atoms with van der Waals surface area (Å²) in [5.74, 6) is 0. The van der Waals surface area contributed by atoms with Gasteiger partial charge >= 0.3 is 0 Å². The van der Waals surface area contributed by atoms with Crippen LogP contribution in [0.1, 0.15) is 32.1 Å². The Bertz CT molecular complexity index is 1020. The Kier molecular flexibility index (Phi) is 5.33. The summed E-state index contributed by atoms with van der Waals surface area (Å²) in [4.78, 5) is 0.260. The first-order valence-electron chi connectivity index (χ1n) is 9.76. The van der Waals surface area contributed by atoms with Crippen LogP contribution in [0.3, 0.4) is 0 Å². The van der Waals surface area contributed by atoms with Gasteiger partial charge in [-0.2, -0.15) is 9.40 Å². The third kappa shape index (κ3) is 3.62. The van der Waals surface area contributed by atoms with Crippen LogP contribution < -0.4 is 0 Å². The van der Waals surface area contributed by atoms with E-state index in [1.807, 2.05) is 60.7 Å². The first-order chi connectivity index (χ1) is 13.6. The Morgan fingerprint density at radius 1 is 0.929 bits per heavy atom. The minimum Gasteiger partial charge on any atom is -0.239 e. The standard InChI is InChI=1S/C22H25N3O2S/c1-24(19-13-7-3-8-14-19)28(26,27)21-17-25(20-15-9-4-10-16-20)23-22(21)18-11-5-2-6-12-18/h2,4-6,9-12,15-17,19H,3,7-8,13-14H2,1H3. The second kappa shape index (κ2) is 7.89. The molecule has 6 heteroatoms. The fourth-order valence-corrected chi connectivity index (χ4v) is 5.40. The highest BCUT2D eigenvalue weighted by molar-refractivity contribution is 7.89. The molecule has 1 heterocycles. The lowest BCUT2D eigenvalue weighted by Gasteiger charge is -2.30. The highest BCUT2D eigenvalue weighted by Gasteiger charge is 2.33. The number of benzene rings is 2. The van der Waals surface area contributed by atoms with Crippen molar-refractivity contribution < 1.29 is 8.42 Å². The highest BCUT2D eigenvalue weighted by Crippen LogP contribution is 2.32. The molecule has 28 heavy (non-hydrogen) atoms. The van der Waals surface area contributed by atoms with Gasteiger partial charge in [-0.15, -0.1) is 0 Å². The van der Waals surface area contributed by atoms with Gasteiger partial charge in [0.1, 0.15) is 10.6 Å². The molecule has 1 saturated carbocycles. The smallest absolute Gasteiger partial charge is 0.239 e. The maximum atomic E-state index is 13.5. The van der Waals surface area contributed by atoms with Crippen LogP contribution in [-0.4, -0.2) is 35.6 Å². The van der Waals surface area contributed by atoms with Crippen molar-refractivity contribution in [3.63, 3.8) is 0 Å². The molecule has 0 saturated heterocycles. The van der Waals surface area contributed by atoms with E-state index in [2.05, 4.69) is 5.10 Å². The van der Waals surface area contributed by atoms with Gasteiger partial charge in [-0.3, -0.25) is 0 Å². The number of para-hydroxylation sites is 1. The number of nitrogens with zero attached hydrogens (tertiary/aromatic N) is 3. The molecule has 3 aromatic rings. The summed E-state index contributed by atoms with van der Waals surface area (Å²) in [6.45, 7) is 0. The fraction of sp³-hybridized carbons (Fsp3) is 0.318. The average molecular weight is 396 g/mol. The molecule has 1 aliphatic carbocycles. The number of rotatable bonds is 5. The molecular weight excluding hydrogens is 370 g/mol. The molecule has 0 N–H and O–H groups in total. The van der Waals surface area contributed by atoms with Crippen molar-refractivity contribution in [3.05, 3.63) is 66.9 Å². The van der Waals surface area contributed by atoms with Gasteiger partial charge in [-0.05, 0) is 25.0 Å². The van der Waals surface area contributed by atoms with Gasteiger partial charge in [0.15, 0.2) is 0 Å². The SMILES string of the molecule is CN(C1CCCCC1)S(=O)(=O)c1cn(-c2ccccc2)nc1-c1ccccc1. The average Bonchev–Trinajstić information content (AvgIpc) is 3.21. The van der Waals surface area contributed by atoms with Crippen LogP contribution in [0, 0.1) is 0 Å². The van der Waals surface area contributed by atoms with Gasteiger partial charge in [-0.25, -0.2) is 13.1 Å². The van der Waals surface area contributed by atoms with E-state index >= 15 is 0 Å². The van der Waals surface area contributed by atoms with E-state index in [9.17, 15) is 8.42 Å². The van der Waals surface area contributed by atoms with Gasteiger partial charge in [0, 0.05) is 18.7 Å². The van der Waals surface area contributed by atoms with E-state index < -0.39 is 10.0 Å². The normalized spacial score (nSPS) is 15.8. The van der Waals surface area contributed by atoms with Crippen molar-refractivity contribution in [2.24, 2.45) is 0 Å². The van der Waals surface area contributed by atoms with Crippen LogP contribution in [0.15, 0.2) is 71.8 Å². The molecule has 0 unspecified atom stereocenters. The van der Waals surface area contributed by atoms with Crippen molar-refractivity contribution in [1.29, 1.82) is 0 Å². The van der Waals surface area contributed by atoms with Gasteiger partial charge in [0.25, 0.3) is 0 Å². The van der Waals surface area contributed by atoms with Crippen LogP contribution in [-0.2, 0) is 10.0 Å². The molecule has 2 aromatic carbocycles. The molecule has 5 nitrogen and oxygen atoms in total. The second-order valence-electron chi connectivity index (χ2n) is 7.30. The fourth-order valence-electron chi connectivity index (χ4n) is 3.85. The molecular formula is C22H25N3O2S. The third-order valence-electron chi connectivity index (χ3n) is 5.49. The Hall–Kier alpha value is -2.44. The third-order valence-corrected chi connectivity index (χ3v) is 7.41. The maximum Gasteiger partial charge on any atom is 0.246 e. The van der Waals surface area contributed by atoms with E-state index in [-0.39, 0.29) is 10.9 Å². The quantitative estimate of drug-likeness (QED) is 0.639. The summed E-state index contributed by atoms with van der Waals surface area (Å²) < 4.78 is 30.3. The van der Waals surface area contributed by atoms with E-state index in [0.717, 1.165) is 36.9 Å². The topological polar surface area (TPSA) is 55.2 Å². The van der Waals surface area contributed by atoms with E-state index in [1.54, 1.807) is 22.2 Å². The van der Waals surface area contributed by atoms with Crippen LogP contribution in [0.4, 0.5) is 0 Å². The molecule has 1 aliphatic rings. The van der Waals surface area contributed by atoms with Gasteiger partial charge in [-0.1, -0.05) is 67.8 Å².